The maximum Gasteiger partial charge on any atom is 0.261 e. The van der Waals surface area contributed by atoms with Crippen LogP contribution in [-0.4, -0.2) is 12.0 Å². The maximum atomic E-state index is 12.7. The van der Waals surface area contributed by atoms with Crippen molar-refractivity contribution >= 4 is 5.91 Å². The topological polar surface area (TPSA) is 62.1 Å². The summed E-state index contributed by atoms with van der Waals surface area (Å²) >= 11 is 0. The molecule has 1 aliphatic carbocycles. The lowest BCUT2D eigenvalue weighted by Gasteiger charge is -2.27. The van der Waals surface area contributed by atoms with Crippen molar-refractivity contribution in [2.24, 2.45) is 0 Å². The van der Waals surface area contributed by atoms with E-state index >= 15 is 0 Å². The van der Waals surface area contributed by atoms with Crippen molar-refractivity contribution in [1.29, 1.82) is 5.26 Å². The Morgan fingerprint density at radius 3 is 2.40 bits per heavy atom. The van der Waals surface area contributed by atoms with Crippen LogP contribution in [0.4, 0.5) is 0 Å². The van der Waals surface area contributed by atoms with Crippen LogP contribution in [0.25, 0.3) is 11.1 Å². The highest BCUT2D eigenvalue weighted by Gasteiger charge is 2.24. The van der Waals surface area contributed by atoms with E-state index < -0.39 is 6.10 Å². The van der Waals surface area contributed by atoms with Crippen molar-refractivity contribution in [2.75, 3.05) is 0 Å². The average Bonchev–Trinajstić information content (AvgIpc) is 2.80. The average molecular weight is 396 g/mol. The molecule has 4 nitrogen and oxygen atoms in total. The fourth-order valence-electron chi connectivity index (χ4n) is 3.91. The van der Waals surface area contributed by atoms with Gasteiger partial charge in [-0.2, -0.15) is 5.26 Å². The normalized spacial score (nSPS) is 16.1. The van der Waals surface area contributed by atoms with Crippen LogP contribution in [0.15, 0.2) is 72.8 Å². The largest absolute Gasteiger partial charge is 0.481 e. The molecule has 0 bridgehead atoms. The van der Waals surface area contributed by atoms with E-state index in [1.54, 1.807) is 19.1 Å². The lowest BCUT2D eigenvalue weighted by Crippen LogP contribution is -2.39. The molecule has 4 heteroatoms. The van der Waals surface area contributed by atoms with Crippen LogP contribution in [0, 0.1) is 11.3 Å². The molecular formula is C26H24N2O2. The fourth-order valence-corrected chi connectivity index (χ4v) is 3.91. The van der Waals surface area contributed by atoms with Gasteiger partial charge in [-0.15, -0.1) is 0 Å². The Bertz CT molecular complexity index is 1070. The number of aryl methyl sites for hydroxylation is 1. The third-order valence-electron chi connectivity index (χ3n) is 5.57. The lowest BCUT2D eigenvalue weighted by atomic mass is 9.87. The van der Waals surface area contributed by atoms with E-state index in [4.69, 9.17) is 10.00 Å². The molecule has 0 aromatic heterocycles. The predicted octanol–water partition coefficient (Wildman–Crippen LogP) is 5.19. The second kappa shape index (κ2) is 8.84. The van der Waals surface area contributed by atoms with Crippen molar-refractivity contribution in [3.05, 3.63) is 89.5 Å². The fraction of sp³-hybridized carbons (Fsp3) is 0.231. The molecule has 1 aliphatic rings. The number of amides is 1. The zero-order chi connectivity index (χ0) is 20.9. The number of ether oxygens (including phenoxy) is 1. The molecule has 3 aromatic rings. The van der Waals surface area contributed by atoms with Crippen LogP contribution < -0.4 is 10.1 Å². The molecule has 1 N–H and O–H groups in total. The lowest BCUT2D eigenvalue weighted by molar-refractivity contribution is -0.128. The zero-order valence-corrected chi connectivity index (χ0v) is 17.0. The number of hydrogen-bond donors (Lipinski definition) is 1. The summed E-state index contributed by atoms with van der Waals surface area (Å²) in [5.74, 6) is 0.548. The molecule has 0 heterocycles. The Balaban J connectivity index is 1.38. The molecule has 1 amide bonds. The zero-order valence-electron chi connectivity index (χ0n) is 17.0. The smallest absolute Gasteiger partial charge is 0.261 e. The minimum Gasteiger partial charge on any atom is -0.481 e. The van der Waals surface area contributed by atoms with Crippen molar-refractivity contribution in [2.45, 2.75) is 38.3 Å². The molecule has 3 aromatic carbocycles. The second-order valence-corrected chi connectivity index (χ2v) is 7.63. The summed E-state index contributed by atoms with van der Waals surface area (Å²) in [6.07, 6.45) is 2.52. The summed E-state index contributed by atoms with van der Waals surface area (Å²) in [6, 6.07) is 25.6. The molecule has 30 heavy (non-hydrogen) atoms. The number of carbonyl (C=O) groups excluding carboxylic acids is 1. The van der Waals surface area contributed by atoms with Gasteiger partial charge in [0.1, 0.15) is 5.75 Å². The number of nitrogens with zero attached hydrogens (tertiary/aromatic N) is 1. The van der Waals surface area contributed by atoms with E-state index in [1.165, 1.54) is 11.1 Å². The predicted molar refractivity (Wildman–Crippen MR) is 117 cm³/mol. The standard InChI is InChI=1S/C26H24N2O2/c1-18(26(29)28-25-8-4-6-22-5-2-3-7-24(22)25)30-23-15-13-21(14-16-23)20-11-9-19(17-27)10-12-20/h2-3,5,7,9-16,18,25H,4,6,8H2,1H3,(H,28,29)/t18-,25+/m0/s1. The van der Waals surface area contributed by atoms with Crippen LogP contribution >= 0.6 is 0 Å². The number of carbonyl (C=O) groups is 1. The minimum absolute atomic E-state index is 0.0484. The molecule has 0 spiro atoms. The van der Waals surface area contributed by atoms with E-state index in [-0.39, 0.29) is 11.9 Å². The summed E-state index contributed by atoms with van der Waals surface area (Å²) in [5.41, 5.74) is 5.24. The molecule has 2 atom stereocenters. The molecule has 0 unspecified atom stereocenters. The second-order valence-electron chi connectivity index (χ2n) is 7.63. The van der Waals surface area contributed by atoms with Gasteiger partial charge >= 0.3 is 0 Å². The number of rotatable bonds is 5. The van der Waals surface area contributed by atoms with Crippen molar-refractivity contribution < 1.29 is 9.53 Å². The highest BCUT2D eigenvalue weighted by molar-refractivity contribution is 5.81. The molecule has 0 saturated heterocycles. The van der Waals surface area contributed by atoms with Gasteiger partial charge in [-0.1, -0.05) is 48.5 Å². The minimum atomic E-state index is -0.583. The van der Waals surface area contributed by atoms with E-state index in [9.17, 15) is 4.79 Å². The van der Waals surface area contributed by atoms with Gasteiger partial charge in [-0.3, -0.25) is 4.79 Å². The first kappa shape index (κ1) is 19.7. The number of benzene rings is 3. The summed E-state index contributed by atoms with van der Waals surface area (Å²) < 4.78 is 5.88. The van der Waals surface area contributed by atoms with Crippen molar-refractivity contribution in [3.63, 3.8) is 0 Å². The van der Waals surface area contributed by atoms with Crippen LogP contribution in [0.2, 0.25) is 0 Å². The van der Waals surface area contributed by atoms with Crippen molar-refractivity contribution in [1.82, 2.24) is 5.32 Å². The highest BCUT2D eigenvalue weighted by Crippen LogP contribution is 2.29. The molecule has 150 valence electrons. The van der Waals surface area contributed by atoms with Gasteiger partial charge in [0.15, 0.2) is 6.10 Å². The van der Waals surface area contributed by atoms with Gasteiger partial charge in [-0.25, -0.2) is 0 Å². The molecule has 0 aliphatic heterocycles. The first-order valence-electron chi connectivity index (χ1n) is 10.3. The summed E-state index contributed by atoms with van der Waals surface area (Å²) in [6.45, 7) is 1.78. The molecular weight excluding hydrogens is 372 g/mol. The SMILES string of the molecule is C[C@H](Oc1ccc(-c2ccc(C#N)cc2)cc1)C(=O)N[C@@H]1CCCc2ccccc21. The number of hydrogen-bond acceptors (Lipinski definition) is 3. The number of nitriles is 1. The first-order valence-corrected chi connectivity index (χ1v) is 10.3. The molecule has 4 rings (SSSR count). The van der Waals surface area contributed by atoms with E-state index in [2.05, 4.69) is 29.6 Å². The van der Waals surface area contributed by atoms with E-state index in [0.717, 1.165) is 30.4 Å². The van der Waals surface area contributed by atoms with Gasteiger partial charge in [0.25, 0.3) is 5.91 Å². The Kier molecular flexibility index (Phi) is 5.81. The third kappa shape index (κ3) is 4.36. The van der Waals surface area contributed by atoms with Gasteiger partial charge < -0.3 is 10.1 Å². The first-order chi connectivity index (χ1) is 14.6. The maximum absolute atomic E-state index is 12.7. The number of nitrogens with one attached hydrogen (secondary N) is 1. The quantitative estimate of drug-likeness (QED) is 0.646. The van der Waals surface area contributed by atoms with Crippen LogP contribution in [0.5, 0.6) is 5.75 Å². The van der Waals surface area contributed by atoms with Gasteiger partial charge in [0.2, 0.25) is 0 Å². The van der Waals surface area contributed by atoms with Gasteiger partial charge in [0, 0.05) is 0 Å². The third-order valence-corrected chi connectivity index (χ3v) is 5.57. The highest BCUT2D eigenvalue weighted by atomic mass is 16.5. The van der Waals surface area contributed by atoms with Gasteiger partial charge in [0.05, 0.1) is 17.7 Å². The van der Waals surface area contributed by atoms with E-state index in [1.807, 2.05) is 42.5 Å². The molecule has 0 fully saturated rings. The summed E-state index contributed by atoms with van der Waals surface area (Å²) in [5, 5.41) is 12.1. The molecule has 0 saturated carbocycles. The molecule has 0 radical (unpaired) electrons. The van der Waals surface area contributed by atoms with Crippen LogP contribution in [0.1, 0.15) is 42.5 Å². The van der Waals surface area contributed by atoms with Crippen LogP contribution in [-0.2, 0) is 11.2 Å². The summed E-state index contributed by atoms with van der Waals surface area (Å²) in [4.78, 5) is 12.7. The van der Waals surface area contributed by atoms with Crippen LogP contribution in [0.3, 0.4) is 0 Å². The monoisotopic (exact) mass is 396 g/mol. The van der Waals surface area contributed by atoms with E-state index in [0.29, 0.717) is 11.3 Å². The summed E-state index contributed by atoms with van der Waals surface area (Å²) in [7, 11) is 0. The van der Waals surface area contributed by atoms with Crippen molar-refractivity contribution in [3.8, 4) is 22.9 Å². The van der Waals surface area contributed by atoms with Gasteiger partial charge in [-0.05, 0) is 72.7 Å². The Hall–Kier alpha value is -3.58. The Morgan fingerprint density at radius 2 is 1.70 bits per heavy atom. The Labute approximate surface area is 177 Å². The Morgan fingerprint density at radius 1 is 1.03 bits per heavy atom. The number of fused-ring (bicyclic) bond motifs is 1.